The molecule has 0 spiro atoms. The summed E-state index contributed by atoms with van der Waals surface area (Å²) in [6, 6.07) is 1.03. The Labute approximate surface area is 89.7 Å². The van der Waals surface area contributed by atoms with Gasteiger partial charge < -0.3 is 4.98 Å². The Kier molecular flexibility index (Phi) is 2.36. The zero-order valence-electron chi connectivity index (χ0n) is 8.76. The van der Waals surface area contributed by atoms with Crippen molar-refractivity contribution < 1.29 is 13.2 Å². The first-order valence-electron chi connectivity index (χ1n) is 4.81. The van der Waals surface area contributed by atoms with Crippen LogP contribution in [0.3, 0.4) is 0 Å². The van der Waals surface area contributed by atoms with Gasteiger partial charge in [-0.15, -0.1) is 0 Å². The van der Waals surface area contributed by atoms with Crippen LogP contribution in [0.25, 0.3) is 11.2 Å². The van der Waals surface area contributed by atoms with Crippen LogP contribution in [-0.2, 0) is 6.18 Å². The molecule has 0 aliphatic rings. The summed E-state index contributed by atoms with van der Waals surface area (Å²) in [5.41, 5.74) is -0.130. The van der Waals surface area contributed by atoms with Crippen molar-refractivity contribution in [3.63, 3.8) is 0 Å². The fourth-order valence-electron chi connectivity index (χ4n) is 1.35. The molecule has 86 valence electrons. The van der Waals surface area contributed by atoms with E-state index in [1.54, 1.807) is 0 Å². The van der Waals surface area contributed by atoms with E-state index in [9.17, 15) is 13.2 Å². The molecule has 0 saturated carbocycles. The van der Waals surface area contributed by atoms with E-state index in [1.165, 1.54) is 0 Å². The number of pyridine rings is 1. The highest BCUT2D eigenvalue weighted by molar-refractivity contribution is 5.71. The monoisotopic (exact) mass is 229 g/mol. The summed E-state index contributed by atoms with van der Waals surface area (Å²) in [6.45, 7) is 3.81. The van der Waals surface area contributed by atoms with Gasteiger partial charge in [-0.25, -0.2) is 9.97 Å². The number of halogens is 3. The first kappa shape index (κ1) is 10.9. The zero-order chi connectivity index (χ0) is 11.9. The number of rotatable bonds is 1. The second kappa shape index (κ2) is 3.47. The van der Waals surface area contributed by atoms with Crippen LogP contribution in [0.1, 0.15) is 31.2 Å². The first-order chi connectivity index (χ1) is 7.38. The number of aromatic nitrogens is 3. The van der Waals surface area contributed by atoms with Crippen LogP contribution in [0.15, 0.2) is 12.3 Å². The molecular formula is C10H10F3N3. The minimum atomic E-state index is -4.37. The molecule has 6 heteroatoms. The van der Waals surface area contributed by atoms with E-state index < -0.39 is 11.7 Å². The molecular weight excluding hydrogens is 219 g/mol. The molecule has 0 amide bonds. The molecule has 0 bridgehead atoms. The van der Waals surface area contributed by atoms with Gasteiger partial charge in [0.05, 0.1) is 11.1 Å². The Balaban J connectivity index is 2.54. The number of aromatic amines is 1. The second-order valence-electron chi connectivity index (χ2n) is 3.87. The average Bonchev–Trinajstić information content (AvgIpc) is 2.58. The molecule has 0 aliphatic heterocycles. The molecule has 0 fully saturated rings. The molecule has 3 nitrogen and oxygen atoms in total. The normalized spacial score (nSPS) is 12.6. The SMILES string of the molecule is CC(C)c1nc2ncc(C(F)(F)F)cc2[nH]1. The van der Waals surface area contributed by atoms with E-state index in [0.29, 0.717) is 17.0 Å². The second-order valence-corrected chi connectivity index (χ2v) is 3.87. The lowest BCUT2D eigenvalue weighted by Crippen LogP contribution is -2.05. The molecule has 2 heterocycles. The first-order valence-corrected chi connectivity index (χ1v) is 4.81. The van der Waals surface area contributed by atoms with Gasteiger partial charge >= 0.3 is 6.18 Å². The Bertz CT molecular complexity index is 513. The number of hydrogen-bond acceptors (Lipinski definition) is 2. The van der Waals surface area contributed by atoms with Crippen molar-refractivity contribution in [1.29, 1.82) is 0 Å². The molecule has 2 rings (SSSR count). The van der Waals surface area contributed by atoms with Crippen molar-refractivity contribution in [1.82, 2.24) is 15.0 Å². The molecule has 2 aromatic rings. The van der Waals surface area contributed by atoms with Gasteiger partial charge in [-0.2, -0.15) is 13.2 Å². The predicted octanol–water partition coefficient (Wildman–Crippen LogP) is 3.10. The van der Waals surface area contributed by atoms with Crippen LogP contribution in [0.4, 0.5) is 13.2 Å². The smallest absolute Gasteiger partial charge is 0.340 e. The number of imidazole rings is 1. The summed E-state index contributed by atoms with van der Waals surface area (Å²) in [5, 5.41) is 0. The number of nitrogens with one attached hydrogen (secondary N) is 1. The van der Waals surface area contributed by atoms with Crippen LogP contribution >= 0.6 is 0 Å². The van der Waals surface area contributed by atoms with E-state index in [2.05, 4.69) is 15.0 Å². The fraction of sp³-hybridized carbons (Fsp3) is 0.400. The van der Waals surface area contributed by atoms with E-state index in [-0.39, 0.29) is 5.92 Å². The predicted molar refractivity (Wildman–Crippen MR) is 53.0 cm³/mol. The van der Waals surface area contributed by atoms with Crippen molar-refractivity contribution in [3.8, 4) is 0 Å². The lowest BCUT2D eigenvalue weighted by molar-refractivity contribution is -0.137. The lowest BCUT2D eigenvalue weighted by atomic mass is 10.2. The van der Waals surface area contributed by atoms with Gasteiger partial charge in [0.1, 0.15) is 5.82 Å². The van der Waals surface area contributed by atoms with Gasteiger partial charge in [0.2, 0.25) is 0 Å². The fourth-order valence-corrected chi connectivity index (χ4v) is 1.35. The van der Waals surface area contributed by atoms with Crippen LogP contribution < -0.4 is 0 Å². The molecule has 0 atom stereocenters. The number of hydrogen-bond donors (Lipinski definition) is 1. The van der Waals surface area contributed by atoms with E-state index in [4.69, 9.17) is 0 Å². The third-order valence-corrected chi connectivity index (χ3v) is 2.23. The third kappa shape index (κ3) is 1.87. The zero-order valence-corrected chi connectivity index (χ0v) is 8.76. The number of H-pyrrole nitrogens is 1. The van der Waals surface area contributed by atoms with Gasteiger partial charge in [-0.05, 0) is 6.07 Å². The molecule has 0 aliphatic carbocycles. The molecule has 0 saturated heterocycles. The van der Waals surface area contributed by atoms with Gasteiger partial charge in [0.15, 0.2) is 5.65 Å². The summed E-state index contributed by atoms with van der Waals surface area (Å²) in [5.74, 6) is 0.769. The van der Waals surface area contributed by atoms with Crippen molar-refractivity contribution in [2.24, 2.45) is 0 Å². The quantitative estimate of drug-likeness (QED) is 0.816. The highest BCUT2D eigenvalue weighted by Crippen LogP contribution is 2.30. The van der Waals surface area contributed by atoms with Gasteiger partial charge in [-0.3, -0.25) is 0 Å². The van der Waals surface area contributed by atoms with Crippen molar-refractivity contribution >= 4 is 11.2 Å². The Morgan fingerprint density at radius 3 is 2.56 bits per heavy atom. The average molecular weight is 229 g/mol. The van der Waals surface area contributed by atoms with Crippen LogP contribution in [-0.4, -0.2) is 15.0 Å². The lowest BCUT2D eigenvalue weighted by Gasteiger charge is -2.04. The highest BCUT2D eigenvalue weighted by Gasteiger charge is 2.31. The summed E-state index contributed by atoms with van der Waals surface area (Å²) in [4.78, 5) is 10.6. The Hall–Kier alpha value is -1.59. The molecule has 0 radical (unpaired) electrons. The van der Waals surface area contributed by atoms with Crippen LogP contribution in [0, 0.1) is 0 Å². The van der Waals surface area contributed by atoms with Crippen LogP contribution in [0.5, 0.6) is 0 Å². The van der Waals surface area contributed by atoms with Crippen molar-refractivity contribution in [2.75, 3.05) is 0 Å². The van der Waals surface area contributed by atoms with Gasteiger partial charge in [-0.1, -0.05) is 13.8 Å². The number of alkyl halides is 3. The standard InChI is InChI=1S/C10H10F3N3/c1-5(2)8-15-7-3-6(10(11,12)13)4-14-9(7)16-8/h3-5H,1-2H3,(H,14,15,16). The summed E-state index contributed by atoms with van der Waals surface area (Å²) >= 11 is 0. The van der Waals surface area contributed by atoms with Gasteiger partial charge in [0, 0.05) is 12.1 Å². The topological polar surface area (TPSA) is 41.6 Å². The Morgan fingerprint density at radius 2 is 2.00 bits per heavy atom. The van der Waals surface area contributed by atoms with E-state index in [0.717, 1.165) is 12.3 Å². The van der Waals surface area contributed by atoms with Crippen molar-refractivity contribution in [2.45, 2.75) is 25.9 Å². The highest BCUT2D eigenvalue weighted by atomic mass is 19.4. The summed E-state index contributed by atoms with van der Waals surface area (Å²) in [7, 11) is 0. The molecule has 2 aromatic heterocycles. The summed E-state index contributed by atoms with van der Waals surface area (Å²) < 4.78 is 37.2. The molecule has 1 N–H and O–H groups in total. The van der Waals surface area contributed by atoms with Crippen molar-refractivity contribution in [3.05, 3.63) is 23.7 Å². The van der Waals surface area contributed by atoms with Crippen LogP contribution in [0.2, 0.25) is 0 Å². The molecule has 0 unspecified atom stereocenters. The maximum absolute atomic E-state index is 12.4. The third-order valence-electron chi connectivity index (χ3n) is 2.23. The van der Waals surface area contributed by atoms with E-state index >= 15 is 0 Å². The minimum absolute atomic E-state index is 0.128. The summed E-state index contributed by atoms with van der Waals surface area (Å²) in [6.07, 6.45) is -3.57. The maximum atomic E-state index is 12.4. The Morgan fingerprint density at radius 1 is 1.31 bits per heavy atom. The maximum Gasteiger partial charge on any atom is 0.417 e. The van der Waals surface area contributed by atoms with E-state index in [1.807, 2.05) is 13.8 Å². The van der Waals surface area contributed by atoms with Gasteiger partial charge in [0.25, 0.3) is 0 Å². The number of nitrogens with zero attached hydrogens (tertiary/aromatic N) is 2. The largest absolute Gasteiger partial charge is 0.417 e. The molecule has 0 aromatic carbocycles. The minimum Gasteiger partial charge on any atom is -0.340 e. The molecule has 16 heavy (non-hydrogen) atoms. The number of fused-ring (bicyclic) bond motifs is 1.